The fraction of sp³-hybridized carbons (Fsp3) is 0.185. The van der Waals surface area contributed by atoms with Gasteiger partial charge in [0.25, 0.3) is 0 Å². The van der Waals surface area contributed by atoms with Gasteiger partial charge in [0.15, 0.2) is 0 Å². The number of rotatable bonds is 5. The van der Waals surface area contributed by atoms with Crippen molar-refractivity contribution in [1.82, 2.24) is 0 Å². The molecule has 55 heavy (non-hydrogen) atoms. The Balaban J connectivity index is 1.03. The highest BCUT2D eigenvalue weighted by Gasteiger charge is 2.57. The van der Waals surface area contributed by atoms with E-state index in [-0.39, 0.29) is 5.41 Å². The molecule has 0 saturated heterocycles. The van der Waals surface area contributed by atoms with E-state index in [1.54, 1.807) is 11.1 Å². The summed E-state index contributed by atoms with van der Waals surface area (Å²) >= 11 is 0. The van der Waals surface area contributed by atoms with Gasteiger partial charge < -0.3 is 4.90 Å². The van der Waals surface area contributed by atoms with Crippen LogP contribution in [0.1, 0.15) is 50.2 Å². The zero-order valence-corrected chi connectivity index (χ0v) is 31.5. The summed E-state index contributed by atoms with van der Waals surface area (Å²) in [7, 11) is 0. The number of fused-ring (bicyclic) bond motifs is 5. The molecule has 8 aromatic carbocycles. The van der Waals surface area contributed by atoms with Gasteiger partial charge in [0, 0.05) is 22.5 Å². The Hall–Kier alpha value is -5.92. The first-order valence-corrected chi connectivity index (χ1v) is 20.4. The van der Waals surface area contributed by atoms with Crippen molar-refractivity contribution in [2.24, 2.45) is 17.8 Å². The Morgan fingerprint density at radius 3 is 1.47 bits per heavy atom. The lowest BCUT2D eigenvalue weighted by Gasteiger charge is -2.54. The van der Waals surface area contributed by atoms with Gasteiger partial charge in [-0.1, -0.05) is 141 Å². The Morgan fingerprint density at radius 2 is 0.891 bits per heavy atom. The third-order valence-electron chi connectivity index (χ3n) is 13.6. The lowest BCUT2D eigenvalue weighted by atomic mass is 9.49. The van der Waals surface area contributed by atoms with Crippen molar-refractivity contribution in [3.05, 3.63) is 187 Å². The highest BCUT2D eigenvalue weighted by Crippen LogP contribution is 2.65. The van der Waals surface area contributed by atoms with Crippen LogP contribution in [0, 0.1) is 17.8 Å². The molecule has 2 fully saturated rings. The minimum atomic E-state index is 0.142. The molecule has 0 aliphatic heterocycles. The summed E-state index contributed by atoms with van der Waals surface area (Å²) in [6, 6.07) is 66.1. The molecule has 0 amide bonds. The van der Waals surface area contributed by atoms with Gasteiger partial charge in [-0.2, -0.15) is 0 Å². The molecule has 0 heterocycles. The molecule has 3 aliphatic rings. The third kappa shape index (κ3) is 5.20. The van der Waals surface area contributed by atoms with Crippen LogP contribution in [0.5, 0.6) is 0 Å². The molecule has 0 N–H and O–H groups in total. The normalized spacial score (nSPS) is 21.1. The summed E-state index contributed by atoms with van der Waals surface area (Å²) in [5, 5.41) is 5.08. The Labute approximate surface area is 324 Å². The number of benzene rings is 8. The molecule has 1 nitrogen and oxygen atoms in total. The van der Waals surface area contributed by atoms with Crippen LogP contribution < -0.4 is 4.90 Å². The maximum Gasteiger partial charge on any atom is 0.0468 e. The Kier molecular flexibility index (Phi) is 7.59. The van der Waals surface area contributed by atoms with Gasteiger partial charge in [-0.3, -0.25) is 0 Å². The van der Waals surface area contributed by atoms with Crippen LogP contribution in [0.2, 0.25) is 0 Å². The Morgan fingerprint density at radius 1 is 0.418 bits per heavy atom. The maximum absolute atomic E-state index is 2.53. The van der Waals surface area contributed by atoms with E-state index in [9.17, 15) is 0 Å². The van der Waals surface area contributed by atoms with Gasteiger partial charge in [0.05, 0.1) is 0 Å². The van der Waals surface area contributed by atoms with Crippen molar-refractivity contribution in [3.63, 3.8) is 0 Å². The molecular formula is C54H45N. The molecule has 11 rings (SSSR count). The quantitative estimate of drug-likeness (QED) is 0.172. The van der Waals surface area contributed by atoms with Gasteiger partial charge >= 0.3 is 0 Å². The SMILES string of the molecule is CC1CC2CCCC(C1)C21c2ccccc2-c2cc(N(c3ccc(-c4ccc5ccccc5c4)cc3)c3ccc(-c4ccc5ccccc5c4)cc3)ccc21. The van der Waals surface area contributed by atoms with Crippen molar-refractivity contribution in [1.29, 1.82) is 0 Å². The summed E-state index contributed by atoms with van der Waals surface area (Å²) in [6.45, 7) is 2.50. The van der Waals surface area contributed by atoms with Crippen molar-refractivity contribution in [2.75, 3.05) is 4.90 Å². The minimum Gasteiger partial charge on any atom is -0.310 e. The van der Waals surface area contributed by atoms with Gasteiger partial charge in [-0.25, -0.2) is 0 Å². The highest BCUT2D eigenvalue weighted by atomic mass is 15.1. The van der Waals surface area contributed by atoms with E-state index in [1.165, 1.54) is 92.7 Å². The summed E-state index contributed by atoms with van der Waals surface area (Å²) < 4.78 is 0. The monoisotopic (exact) mass is 707 g/mol. The van der Waals surface area contributed by atoms with Crippen LogP contribution in [0.4, 0.5) is 17.1 Å². The molecular weight excluding hydrogens is 663 g/mol. The van der Waals surface area contributed by atoms with E-state index in [1.807, 2.05) is 0 Å². The van der Waals surface area contributed by atoms with Crippen LogP contribution in [0.3, 0.4) is 0 Å². The van der Waals surface area contributed by atoms with E-state index in [0.717, 1.165) is 17.3 Å². The first-order chi connectivity index (χ1) is 27.1. The van der Waals surface area contributed by atoms with Crippen LogP contribution in [-0.4, -0.2) is 0 Å². The predicted molar refractivity (Wildman–Crippen MR) is 232 cm³/mol. The van der Waals surface area contributed by atoms with E-state index in [0.29, 0.717) is 11.8 Å². The lowest BCUT2D eigenvalue weighted by Crippen LogP contribution is -2.49. The third-order valence-corrected chi connectivity index (χ3v) is 13.6. The van der Waals surface area contributed by atoms with Crippen LogP contribution in [0.15, 0.2) is 176 Å². The highest BCUT2D eigenvalue weighted by molar-refractivity contribution is 5.91. The van der Waals surface area contributed by atoms with Crippen molar-refractivity contribution in [3.8, 4) is 33.4 Å². The topological polar surface area (TPSA) is 3.24 Å². The van der Waals surface area contributed by atoms with E-state index in [2.05, 4.69) is 188 Å². The van der Waals surface area contributed by atoms with Crippen molar-refractivity contribution in [2.45, 2.75) is 44.4 Å². The molecule has 0 radical (unpaired) electrons. The molecule has 2 unspecified atom stereocenters. The second kappa shape index (κ2) is 12.8. The molecule has 266 valence electrons. The first kappa shape index (κ1) is 32.5. The van der Waals surface area contributed by atoms with Crippen molar-refractivity contribution >= 4 is 38.6 Å². The summed E-state index contributed by atoms with van der Waals surface area (Å²) in [5.74, 6) is 2.23. The second-order valence-electron chi connectivity index (χ2n) is 16.6. The average molecular weight is 708 g/mol. The van der Waals surface area contributed by atoms with Crippen LogP contribution in [0.25, 0.3) is 54.9 Å². The molecule has 3 aliphatic carbocycles. The van der Waals surface area contributed by atoms with E-state index < -0.39 is 0 Å². The molecule has 1 heteroatoms. The number of hydrogen-bond donors (Lipinski definition) is 0. The minimum absolute atomic E-state index is 0.142. The van der Waals surface area contributed by atoms with Gasteiger partial charge in [0.1, 0.15) is 0 Å². The molecule has 2 saturated carbocycles. The molecule has 2 atom stereocenters. The van der Waals surface area contributed by atoms with Crippen molar-refractivity contribution < 1.29 is 0 Å². The van der Waals surface area contributed by atoms with Crippen LogP contribution in [-0.2, 0) is 5.41 Å². The number of anilines is 3. The van der Waals surface area contributed by atoms with Gasteiger partial charge in [-0.05, 0) is 158 Å². The maximum atomic E-state index is 2.53. The fourth-order valence-electron chi connectivity index (χ4n) is 11.2. The number of hydrogen-bond acceptors (Lipinski definition) is 1. The first-order valence-electron chi connectivity index (χ1n) is 20.4. The standard InChI is InChI=1S/C54H45N/c1-36-31-45-13-8-14-46(32-36)54(45)52-16-7-6-15-50(52)51-35-49(29-30-53(51)54)55(47-25-21-39(22-26-47)43-19-17-37-9-2-4-11-41(37)33-43)48-27-23-40(24-28-48)44-20-18-38-10-3-5-12-42(38)34-44/h2-7,9-12,15-30,33-36,45-46H,8,13-14,31-32H2,1H3. The molecule has 8 aromatic rings. The smallest absolute Gasteiger partial charge is 0.0468 e. The zero-order chi connectivity index (χ0) is 36.5. The van der Waals surface area contributed by atoms with Gasteiger partial charge in [-0.15, -0.1) is 0 Å². The van der Waals surface area contributed by atoms with Gasteiger partial charge in [0.2, 0.25) is 0 Å². The van der Waals surface area contributed by atoms with Crippen LogP contribution >= 0.6 is 0 Å². The predicted octanol–water partition coefficient (Wildman–Crippen LogP) is 14.9. The molecule has 1 spiro atoms. The average Bonchev–Trinajstić information content (AvgIpc) is 3.51. The fourth-order valence-corrected chi connectivity index (χ4v) is 11.2. The molecule has 2 bridgehead atoms. The largest absolute Gasteiger partial charge is 0.310 e. The summed E-state index contributed by atoms with van der Waals surface area (Å²) in [5.41, 5.74) is 14.7. The molecule has 0 aromatic heterocycles. The summed E-state index contributed by atoms with van der Waals surface area (Å²) in [6.07, 6.45) is 6.74. The Bertz CT molecular complexity index is 2580. The van der Waals surface area contributed by atoms with E-state index in [4.69, 9.17) is 0 Å². The lowest BCUT2D eigenvalue weighted by molar-refractivity contribution is 0.0564. The second-order valence-corrected chi connectivity index (χ2v) is 16.6. The van der Waals surface area contributed by atoms with E-state index >= 15 is 0 Å². The zero-order valence-electron chi connectivity index (χ0n) is 31.5. The summed E-state index contributed by atoms with van der Waals surface area (Å²) in [4.78, 5) is 2.46. The number of nitrogens with zero attached hydrogens (tertiary/aromatic N) is 1.